The van der Waals surface area contributed by atoms with Crippen molar-refractivity contribution >= 4 is 40.7 Å². The van der Waals surface area contributed by atoms with Gasteiger partial charge < -0.3 is 10.1 Å². The van der Waals surface area contributed by atoms with Crippen LogP contribution in [0.25, 0.3) is 0 Å². The Morgan fingerprint density at radius 3 is 2.03 bits per heavy atom. The number of hydrogen-bond donors (Lipinski definition) is 4. The lowest BCUT2D eigenvalue weighted by atomic mass is 10.1. The Balaban J connectivity index is 1.49. The fourth-order valence-corrected chi connectivity index (χ4v) is 2.97. The van der Waals surface area contributed by atoms with Gasteiger partial charge in [-0.05, 0) is 79.8 Å². The second kappa shape index (κ2) is 10.9. The van der Waals surface area contributed by atoms with Crippen molar-refractivity contribution in [2.45, 2.75) is 6.92 Å². The molecule has 9 heteroatoms. The van der Waals surface area contributed by atoms with Crippen LogP contribution in [-0.2, 0) is 0 Å². The van der Waals surface area contributed by atoms with Gasteiger partial charge in [0.15, 0.2) is 5.11 Å². The van der Waals surface area contributed by atoms with Crippen LogP contribution >= 0.6 is 12.2 Å². The van der Waals surface area contributed by atoms with Crippen LogP contribution in [0.3, 0.4) is 0 Å². The fourth-order valence-electron chi connectivity index (χ4n) is 2.83. The van der Waals surface area contributed by atoms with Crippen molar-refractivity contribution in [1.29, 1.82) is 0 Å². The summed E-state index contributed by atoms with van der Waals surface area (Å²) >= 11 is 5.04. The number of carbonyl (C=O) groups is 3. The first-order chi connectivity index (χ1) is 15.9. The minimum absolute atomic E-state index is 0.0637. The second-order valence-corrected chi connectivity index (χ2v) is 7.40. The molecule has 0 spiro atoms. The number of thiocarbonyl (C=S) groups is 1. The molecule has 33 heavy (non-hydrogen) atoms. The van der Waals surface area contributed by atoms with Gasteiger partial charge in [-0.2, -0.15) is 0 Å². The molecule has 0 bridgehead atoms. The predicted molar refractivity (Wildman–Crippen MR) is 129 cm³/mol. The Bertz CT molecular complexity index is 1180. The molecule has 3 aromatic rings. The Labute approximate surface area is 196 Å². The van der Waals surface area contributed by atoms with E-state index in [-0.39, 0.29) is 11.0 Å². The molecule has 0 aliphatic heterocycles. The molecular formula is C24H22N4O4S. The van der Waals surface area contributed by atoms with Crippen LogP contribution in [0.1, 0.15) is 36.6 Å². The Morgan fingerprint density at radius 2 is 1.39 bits per heavy atom. The van der Waals surface area contributed by atoms with Crippen LogP contribution in [0, 0.1) is 6.92 Å². The van der Waals surface area contributed by atoms with E-state index in [0.29, 0.717) is 28.1 Å². The van der Waals surface area contributed by atoms with Crippen molar-refractivity contribution in [2.75, 3.05) is 12.4 Å². The molecule has 0 saturated carbocycles. The lowest BCUT2D eigenvalue weighted by Gasteiger charge is -2.11. The quantitative estimate of drug-likeness (QED) is 0.343. The minimum atomic E-state index is -0.465. The molecule has 0 unspecified atom stereocenters. The zero-order valence-electron chi connectivity index (χ0n) is 18.0. The molecule has 0 atom stereocenters. The molecule has 4 N–H and O–H groups in total. The van der Waals surface area contributed by atoms with E-state index in [0.717, 1.165) is 5.56 Å². The largest absolute Gasteiger partial charge is 0.497 e. The zero-order valence-corrected chi connectivity index (χ0v) is 18.8. The van der Waals surface area contributed by atoms with Gasteiger partial charge in [0.05, 0.1) is 7.11 Å². The van der Waals surface area contributed by atoms with Crippen molar-refractivity contribution < 1.29 is 19.1 Å². The summed E-state index contributed by atoms with van der Waals surface area (Å²) in [6.07, 6.45) is 0. The van der Waals surface area contributed by atoms with Gasteiger partial charge in [-0.1, -0.05) is 17.7 Å². The standard InChI is InChI=1S/C24H22N4O4S/c1-15-4-3-5-18(14-15)22(30)25-19-10-6-17(7-11-19)23(31)27-28-24(33)26-21(29)16-8-12-20(32-2)13-9-16/h3-14H,1-2H3,(H,25,30)(H,27,31)(H2,26,28,29,33). The average molecular weight is 463 g/mol. The summed E-state index contributed by atoms with van der Waals surface area (Å²) < 4.78 is 5.05. The van der Waals surface area contributed by atoms with Gasteiger partial charge in [-0.25, -0.2) is 0 Å². The predicted octanol–water partition coefficient (Wildman–Crippen LogP) is 3.21. The van der Waals surface area contributed by atoms with Crippen molar-refractivity contribution in [1.82, 2.24) is 16.2 Å². The lowest BCUT2D eigenvalue weighted by Crippen LogP contribution is -2.48. The molecule has 0 aliphatic rings. The number of aryl methyl sites for hydroxylation is 1. The number of amides is 3. The van der Waals surface area contributed by atoms with E-state index >= 15 is 0 Å². The molecule has 0 saturated heterocycles. The van der Waals surface area contributed by atoms with Gasteiger partial charge in [0.1, 0.15) is 5.75 Å². The van der Waals surface area contributed by atoms with Gasteiger partial charge in [-0.15, -0.1) is 0 Å². The molecule has 8 nitrogen and oxygen atoms in total. The molecular weight excluding hydrogens is 440 g/mol. The molecule has 168 valence electrons. The first kappa shape index (κ1) is 23.4. The summed E-state index contributed by atoms with van der Waals surface area (Å²) in [4.78, 5) is 36.8. The molecule has 3 amide bonds. The summed E-state index contributed by atoms with van der Waals surface area (Å²) in [5.41, 5.74) is 7.70. The summed E-state index contributed by atoms with van der Waals surface area (Å²) in [7, 11) is 1.53. The van der Waals surface area contributed by atoms with E-state index in [1.54, 1.807) is 60.7 Å². The maximum atomic E-state index is 12.3. The highest BCUT2D eigenvalue weighted by Crippen LogP contribution is 2.13. The fraction of sp³-hybridized carbons (Fsp3) is 0.0833. The normalized spacial score (nSPS) is 10.0. The summed E-state index contributed by atoms with van der Waals surface area (Å²) in [5, 5.41) is 5.19. The van der Waals surface area contributed by atoms with Crippen molar-refractivity contribution in [3.63, 3.8) is 0 Å². The van der Waals surface area contributed by atoms with E-state index in [1.807, 2.05) is 19.1 Å². The third kappa shape index (κ3) is 6.62. The summed E-state index contributed by atoms with van der Waals surface area (Å²) in [5.74, 6) is -0.513. The summed E-state index contributed by atoms with van der Waals surface area (Å²) in [6, 6.07) is 20.1. The maximum absolute atomic E-state index is 12.3. The van der Waals surface area contributed by atoms with Crippen LogP contribution in [0.5, 0.6) is 5.75 Å². The molecule has 0 heterocycles. The number of methoxy groups -OCH3 is 1. The highest BCUT2D eigenvalue weighted by Gasteiger charge is 2.11. The number of nitrogens with one attached hydrogen (secondary N) is 4. The van der Waals surface area contributed by atoms with Gasteiger partial charge in [0.2, 0.25) is 0 Å². The Kier molecular flexibility index (Phi) is 7.72. The highest BCUT2D eigenvalue weighted by molar-refractivity contribution is 7.80. The topological polar surface area (TPSA) is 109 Å². The number of ether oxygens (including phenoxy) is 1. The van der Waals surface area contributed by atoms with E-state index in [2.05, 4.69) is 21.5 Å². The zero-order chi connectivity index (χ0) is 23.8. The van der Waals surface area contributed by atoms with Gasteiger partial charge in [0, 0.05) is 22.4 Å². The first-order valence-corrected chi connectivity index (χ1v) is 10.3. The number of hydrazine groups is 1. The van der Waals surface area contributed by atoms with Crippen LogP contribution in [-0.4, -0.2) is 29.9 Å². The molecule has 0 aromatic heterocycles. The molecule has 0 aliphatic carbocycles. The van der Waals surface area contributed by atoms with E-state index in [4.69, 9.17) is 17.0 Å². The van der Waals surface area contributed by atoms with Crippen molar-refractivity contribution in [2.24, 2.45) is 0 Å². The second-order valence-electron chi connectivity index (χ2n) is 6.99. The minimum Gasteiger partial charge on any atom is -0.497 e. The Morgan fingerprint density at radius 1 is 0.758 bits per heavy atom. The molecule has 0 radical (unpaired) electrons. The average Bonchev–Trinajstić information content (AvgIpc) is 2.83. The molecule has 0 fully saturated rings. The summed E-state index contributed by atoms with van der Waals surface area (Å²) in [6.45, 7) is 1.91. The lowest BCUT2D eigenvalue weighted by molar-refractivity contribution is 0.0934. The maximum Gasteiger partial charge on any atom is 0.269 e. The van der Waals surface area contributed by atoms with E-state index in [1.165, 1.54) is 7.11 Å². The SMILES string of the molecule is COc1ccc(C(=O)NC(=S)NNC(=O)c2ccc(NC(=O)c3cccc(C)c3)cc2)cc1. The number of carbonyl (C=O) groups excluding carboxylic acids is 3. The first-order valence-electron chi connectivity index (χ1n) is 9.89. The number of hydrogen-bond acceptors (Lipinski definition) is 5. The molecule has 3 aromatic carbocycles. The van der Waals surface area contributed by atoms with E-state index in [9.17, 15) is 14.4 Å². The molecule has 3 rings (SSSR count). The third-order valence-electron chi connectivity index (χ3n) is 4.55. The number of anilines is 1. The van der Waals surface area contributed by atoms with Crippen LogP contribution < -0.4 is 26.2 Å². The van der Waals surface area contributed by atoms with E-state index < -0.39 is 11.8 Å². The number of benzene rings is 3. The van der Waals surface area contributed by atoms with Crippen LogP contribution in [0.15, 0.2) is 72.8 Å². The smallest absolute Gasteiger partial charge is 0.269 e. The monoisotopic (exact) mass is 462 g/mol. The van der Waals surface area contributed by atoms with Crippen molar-refractivity contribution in [3.05, 3.63) is 95.1 Å². The highest BCUT2D eigenvalue weighted by atomic mass is 32.1. The third-order valence-corrected chi connectivity index (χ3v) is 4.76. The number of rotatable bonds is 5. The van der Waals surface area contributed by atoms with Gasteiger partial charge >= 0.3 is 0 Å². The van der Waals surface area contributed by atoms with Gasteiger partial charge in [0.25, 0.3) is 17.7 Å². The van der Waals surface area contributed by atoms with Crippen LogP contribution in [0.2, 0.25) is 0 Å². The van der Waals surface area contributed by atoms with Gasteiger partial charge in [-0.3, -0.25) is 30.6 Å². The van der Waals surface area contributed by atoms with Crippen molar-refractivity contribution in [3.8, 4) is 5.75 Å². The van der Waals surface area contributed by atoms with Crippen LogP contribution in [0.4, 0.5) is 5.69 Å². The Hall–Kier alpha value is -4.24.